The summed E-state index contributed by atoms with van der Waals surface area (Å²) in [6.07, 6.45) is 0. The summed E-state index contributed by atoms with van der Waals surface area (Å²) < 4.78 is 0.655. The fraction of sp³-hybridized carbons (Fsp3) is 0. The van der Waals surface area contributed by atoms with Crippen molar-refractivity contribution in [2.75, 3.05) is 5.32 Å². The Morgan fingerprint density at radius 2 is 1.88 bits per heavy atom. The van der Waals surface area contributed by atoms with Gasteiger partial charge >= 0.3 is 29.6 Å². The quantitative estimate of drug-likeness (QED) is 0.566. The molecular formula is C9H7N4NaS2. The van der Waals surface area contributed by atoms with E-state index in [4.69, 9.17) is 24.4 Å². The molecule has 2 rings (SSSR count). The van der Waals surface area contributed by atoms with Gasteiger partial charge in [0, 0.05) is 0 Å². The topological polar surface area (TPSA) is 54.8 Å². The van der Waals surface area contributed by atoms with Gasteiger partial charge in [-0.3, -0.25) is 0 Å². The Balaban J connectivity index is 0.00000128. The van der Waals surface area contributed by atoms with Crippen LogP contribution in [0.2, 0.25) is 0 Å². The van der Waals surface area contributed by atoms with E-state index in [-0.39, 0.29) is 29.6 Å². The van der Waals surface area contributed by atoms with Crippen LogP contribution in [0.15, 0.2) is 30.3 Å². The molecule has 0 unspecified atom stereocenters. The summed E-state index contributed by atoms with van der Waals surface area (Å²) >= 11 is 9.78. The second-order valence-corrected chi connectivity index (χ2v) is 3.55. The minimum atomic E-state index is 0. The zero-order chi connectivity index (χ0) is 10.7. The van der Waals surface area contributed by atoms with Crippen molar-refractivity contribution in [2.45, 2.75) is 0 Å². The summed E-state index contributed by atoms with van der Waals surface area (Å²) in [5.41, 5.74) is 0.896. The van der Waals surface area contributed by atoms with Gasteiger partial charge in [0.1, 0.15) is 9.54 Å². The maximum absolute atomic E-state index is 4.89. The largest absolute Gasteiger partial charge is 1.00 e. The molecule has 0 amide bonds. The second kappa shape index (κ2) is 6.27. The molecule has 0 spiro atoms. The van der Waals surface area contributed by atoms with Gasteiger partial charge in [-0.1, -0.05) is 42.6 Å². The Morgan fingerprint density at radius 1 is 1.19 bits per heavy atom. The molecule has 4 nitrogen and oxygen atoms in total. The number of benzene rings is 1. The number of aromatic nitrogens is 3. The van der Waals surface area contributed by atoms with E-state index in [1.54, 1.807) is 0 Å². The zero-order valence-electron chi connectivity index (χ0n) is 8.60. The van der Waals surface area contributed by atoms with Crippen LogP contribution in [-0.4, -0.2) is 9.97 Å². The van der Waals surface area contributed by atoms with E-state index in [0.717, 1.165) is 5.69 Å². The maximum Gasteiger partial charge on any atom is 1.00 e. The van der Waals surface area contributed by atoms with E-state index in [2.05, 4.69) is 20.3 Å². The van der Waals surface area contributed by atoms with Gasteiger partial charge in [-0.25, -0.2) is 0 Å². The van der Waals surface area contributed by atoms with Crippen LogP contribution in [0.3, 0.4) is 0 Å². The molecule has 0 bridgehead atoms. The van der Waals surface area contributed by atoms with Crippen LogP contribution >= 0.6 is 24.4 Å². The van der Waals surface area contributed by atoms with Crippen molar-refractivity contribution >= 4 is 36.1 Å². The van der Waals surface area contributed by atoms with Gasteiger partial charge in [-0.2, -0.15) is 0 Å². The predicted molar refractivity (Wildman–Crippen MR) is 63.3 cm³/mol. The van der Waals surface area contributed by atoms with E-state index >= 15 is 0 Å². The predicted octanol–water partition coefficient (Wildman–Crippen LogP) is -0.427. The minimum absolute atomic E-state index is 0. The third-order valence-corrected chi connectivity index (χ3v) is 2.05. The van der Waals surface area contributed by atoms with Crippen molar-refractivity contribution in [3.63, 3.8) is 0 Å². The molecule has 0 saturated carbocycles. The number of hydrogen-bond donors (Lipinski definition) is 2. The van der Waals surface area contributed by atoms with Crippen LogP contribution in [0.5, 0.6) is 0 Å². The molecule has 0 aliphatic carbocycles. The third kappa shape index (κ3) is 3.80. The summed E-state index contributed by atoms with van der Waals surface area (Å²) in [6, 6.07) is 9.58. The van der Waals surface area contributed by atoms with Crippen LogP contribution in [-0.2, 0) is 0 Å². The molecule has 0 aliphatic heterocycles. The van der Waals surface area contributed by atoms with Crippen LogP contribution < -0.4 is 39.9 Å². The molecule has 76 valence electrons. The first-order valence-corrected chi connectivity index (χ1v) is 5.03. The van der Waals surface area contributed by atoms with Gasteiger partial charge in [0.15, 0.2) is 0 Å². The number of H-pyrrole nitrogens is 1. The van der Waals surface area contributed by atoms with E-state index in [0.29, 0.717) is 15.5 Å². The van der Waals surface area contributed by atoms with Crippen molar-refractivity contribution in [3.8, 4) is 0 Å². The zero-order valence-corrected chi connectivity index (χ0v) is 12.2. The van der Waals surface area contributed by atoms with E-state index in [9.17, 15) is 0 Å². The summed E-state index contributed by atoms with van der Waals surface area (Å²) in [5.74, 6) is 0.412. The van der Waals surface area contributed by atoms with E-state index < -0.39 is 0 Å². The van der Waals surface area contributed by atoms with Gasteiger partial charge in [0.25, 0.3) is 0 Å². The molecule has 1 aromatic carbocycles. The number of nitrogens with one attached hydrogen (secondary N) is 2. The van der Waals surface area contributed by atoms with Crippen molar-refractivity contribution in [1.29, 1.82) is 0 Å². The smallest absolute Gasteiger partial charge is 0.389 e. The van der Waals surface area contributed by atoms with Crippen molar-refractivity contribution in [2.24, 2.45) is 0 Å². The molecule has 0 fully saturated rings. The fourth-order valence-corrected chi connectivity index (χ4v) is 1.50. The van der Waals surface area contributed by atoms with E-state index in [1.165, 1.54) is 0 Å². The molecule has 16 heavy (non-hydrogen) atoms. The van der Waals surface area contributed by atoms with E-state index in [1.807, 2.05) is 30.3 Å². The van der Waals surface area contributed by atoms with Crippen molar-refractivity contribution < 1.29 is 29.6 Å². The van der Waals surface area contributed by atoms with Crippen LogP contribution in [0.25, 0.3) is 0 Å². The van der Waals surface area contributed by atoms with Gasteiger partial charge in [-0.05, 0) is 17.8 Å². The Bertz CT molecular complexity index is 535. The summed E-state index contributed by atoms with van der Waals surface area (Å²) in [7, 11) is 0. The van der Waals surface area contributed by atoms with Gasteiger partial charge < -0.3 is 20.3 Å². The number of nitrogens with zero attached hydrogens (tertiary/aromatic N) is 2. The van der Waals surface area contributed by atoms with Crippen LogP contribution in [0.4, 0.5) is 11.6 Å². The average molecular weight is 258 g/mol. The Kier molecular flexibility index (Phi) is 5.30. The summed E-state index contributed by atoms with van der Waals surface area (Å²) in [6.45, 7) is 0. The molecule has 2 N–H and O–H groups in total. The molecule has 0 radical (unpaired) electrons. The number of para-hydroxylation sites is 1. The molecule has 1 heterocycles. The molecule has 2 aromatic rings. The van der Waals surface area contributed by atoms with Crippen LogP contribution in [0.1, 0.15) is 0 Å². The van der Waals surface area contributed by atoms with Crippen molar-refractivity contribution in [1.82, 2.24) is 15.0 Å². The second-order valence-electron chi connectivity index (χ2n) is 2.77. The SMILES string of the molecule is S=c1nc(Nc2ccccc2)[n-]c(=S)[nH]1.[Na+]. The molecule has 0 saturated heterocycles. The Labute approximate surface area is 125 Å². The Hall–Kier alpha value is -0.530. The first-order valence-electron chi connectivity index (χ1n) is 4.21. The van der Waals surface area contributed by atoms with Crippen LogP contribution in [0, 0.1) is 9.54 Å². The number of hydrogen-bond acceptors (Lipinski definition) is 4. The molecule has 0 aliphatic rings. The first kappa shape index (κ1) is 13.5. The van der Waals surface area contributed by atoms with Crippen molar-refractivity contribution in [3.05, 3.63) is 39.9 Å². The standard InChI is InChI=1S/C9H8N4S2.Na/c14-8-11-7(12-9(15)13-8)10-6-4-2-1-3-5-6;/h1-5H,(H3,10,11,12,13,14,15);/q;+1/p-1. The number of rotatable bonds is 2. The van der Waals surface area contributed by atoms with Gasteiger partial charge in [0.05, 0.1) is 5.95 Å². The fourth-order valence-electron chi connectivity index (χ4n) is 1.07. The Morgan fingerprint density at radius 3 is 2.50 bits per heavy atom. The number of aromatic amines is 1. The molecule has 1 aromatic heterocycles. The monoisotopic (exact) mass is 258 g/mol. The molecule has 7 heteroatoms. The number of anilines is 2. The molecular weight excluding hydrogens is 251 g/mol. The maximum atomic E-state index is 4.89. The van der Waals surface area contributed by atoms with Gasteiger partial charge in [0.2, 0.25) is 0 Å². The summed E-state index contributed by atoms with van der Waals surface area (Å²) in [4.78, 5) is 10.7. The van der Waals surface area contributed by atoms with Gasteiger partial charge in [-0.15, -0.1) is 0 Å². The third-order valence-electron chi connectivity index (χ3n) is 1.66. The summed E-state index contributed by atoms with van der Waals surface area (Å²) in [5, 5.41) is 3.01. The molecule has 0 atom stereocenters. The minimum Gasteiger partial charge on any atom is -0.389 e. The normalized spacial score (nSPS) is 9.25. The first-order chi connectivity index (χ1) is 7.24. The average Bonchev–Trinajstić information content (AvgIpc) is 2.17.